The number of halogens is 2. The lowest BCUT2D eigenvalue weighted by Crippen LogP contribution is -2.40. The molecule has 1 atom stereocenters. The average Bonchev–Trinajstić information content (AvgIpc) is 3.21. The molecule has 0 spiro atoms. The summed E-state index contributed by atoms with van der Waals surface area (Å²) in [6.07, 6.45) is -0.600. The smallest absolute Gasteiger partial charge is 0.191 e. The first-order valence-electron chi connectivity index (χ1n) is 7.92. The highest BCUT2D eigenvalue weighted by atomic mass is 127. The first kappa shape index (κ1) is 22.7. The summed E-state index contributed by atoms with van der Waals surface area (Å²) in [6.45, 7) is 8.23. The molecule has 0 amide bonds. The largest absolute Gasteiger partial charge is 0.386 e. The highest BCUT2D eigenvalue weighted by Gasteiger charge is 2.21. The molecule has 2 rings (SSSR count). The molecule has 2 aromatic rings. The molecule has 0 saturated heterocycles. The second kappa shape index (κ2) is 10.7. The Morgan fingerprint density at radius 3 is 2.64 bits per heavy atom. The van der Waals surface area contributed by atoms with E-state index in [9.17, 15) is 5.11 Å². The van der Waals surface area contributed by atoms with Crippen LogP contribution in [0, 0.1) is 0 Å². The fourth-order valence-electron chi connectivity index (χ4n) is 2.16. The Morgan fingerprint density at radius 2 is 2.08 bits per heavy atom. The van der Waals surface area contributed by atoms with Crippen molar-refractivity contribution >= 4 is 64.2 Å². The summed E-state index contributed by atoms with van der Waals surface area (Å²) in [4.78, 5) is 6.84. The molecule has 3 N–H and O–H groups in total. The van der Waals surface area contributed by atoms with Crippen LogP contribution in [0.25, 0.3) is 0 Å². The van der Waals surface area contributed by atoms with Gasteiger partial charge in [-0.25, -0.2) is 0 Å². The van der Waals surface area contributed by atoms with E-state index in [2.05, 4.69) is 47.0 Å². The van der Waals surface area contributed by atoms with Gasteiger partial charge in [-0.05, 0) is 30.5 Å². The van der Waals surface area contributed by atoms with Crippen LogP contribution >= 0.6 is 58.3 Å². The van der Waals surface area contributed by atoms with E-state index in [1.807, 2.05) is 13.0 Å². The minimum atomic E-state index is -0.600. The molecule has 4 nitrogen and oxygen atoms in total. The van der Waals surface area contributed by atoms with Gasteiger partial charge < -0.3 is 15.7 Å². The first-order chi connectivity index (χ1) is 11.4. The number of aliphatic hydroxyl groups is 1. The number of nitrogens with zero attached hydrogens (tertiary/aromatic N) is 1. The van der Waals surface area contributed by atoms with E-state index in [1.54, 1.807) is 17.4 Å². The van der Waals surface area contributed by atoms with Crippen molar-refractivity contribution in [1.82, 2.24) is 10.6 Å². The summed E-state index contributed by atoms with van der Waals surface area (Å²) in [5, 5.41) is 18.8. The molecule has 0 aromatic carbocycles. The maximum Gasteiger partial charge on any atom is 0.191 e. The molecule has 1 unspecified atom stereocenters. The van der Waals surface area contributed by atoms with Gasteiger partial charge in [0.15, 0.2) is 5.96 Å². The molecule has 140 valence electrons. The number of aliphatic hydroxyl groups excluding tert-OH is 1. The zero-order chi connectivity index (χ0) is 17.6. The van der Waals surface area contributed by atoms with Gasteiger partial charge in [-0.3, -0.25) is 4.99 Å². The highest BCUT2D eigenvalue weighted by Crippen LogP contribution is 2.28. The standard InChI is InChI=1S/C17H24ClN3OS2.HI/c1-4-19-16(20-10-12(22)13-7-8-15(18)24-13)21-11-17(2,3)14-6-5-9-23-14;/h5-9,12,22H,4,10-11H2,1-3H3,(H2,19,20,21);1H. The Balaban J connectivity index is 0.00000312. The number of hydrogen-bond donors (Lipinski definition) is 3. The Kier molecular flexibility index (Phi) is 9.73. The number of guanidine groups is 1. The number of nitrogens with one attached hydrogen (secondary N) is 2. The van der Waals surface area contributed by atoms with Crippen LogP contribution in [0.2, 0.25) is 4.34 Å². The Hall–Kier alpha value is -0.350. The third kappa shape index (κ3) is 7.05. The van der Waals surface area contributed by atoms with Crippen LogP contribution in [-0.2, 0) is 5.41 Å². The zero-order valence-electron chi connectivity index (χ0n) is 14.6. The Bertz CT molecular complexity index is 659. The SMILES string of the molecule is CCNC(=NCC(C)(C)c1cccs1)NCC(O)c1ccc(Cl)s1.I. The summed E-state index contributed by atoms with van der Waals surface area (Å²) in [6, 6.07) is 7.86. The maximum atomic E-state index is 10.2. The van der Waals surface area contributed by atoms with Crippen LogP contribution < -0.4 is 10.6 Å². The number of hydrogen-bond acceptors (Lipinski definition) is 4. The lowest BCUT2D eigenvalue weighted by atomic mass is 9.92. The van der Waals surface area contributed by atoms with Gasteiger partial charge in [0.05, 0.1) is 10.9 Å². The van der Waals surface area contributed by atoms with Gasteiger partial charge in [-0.1, -0.05) is 31.5 Å². The summed E-state index contributed by atoms with van der Waals surface area (Å²) in [5.41, 5.74) is -0.0174. The maximum absolute atomic E-state index is 10.2. The molecule has 0 aliphatic heterocycles. The molecule has 0 saturated carbocycles. The number of thiophene rings is 2. The second-order valence-electron chi connectivity index (χ2n) is 6.09. The molecule has 0 aliphatic rings. The van der Waals surface area contributed by atoms with Crippen LogP contribution in [0.4, 0.5) is 0 Å². The minimum Gasteiger partial charge on any atom is -0.386 e. The summed E-state index contributed by atoms with van der Waals surface area (Å²) in [7, 11) is 0. The topological polar surface area (TPSA) is 56.7 Å². The van der Waals surface area contributed by atoms with Gasteiger partial charge in [0.2, 0.25) is 0 Å². The molecule has 0 bridgehead atoms. The molecule has 0 fully saturated rings. The van der Waals surface area contributed by atoms with E-state index in [0.29, 0.717) is 23.4 Å². The third-order valence-electron chi connectivity index (χ3n) is 3.55. The van der Waals surface area contributed by atoms with E-state index in [4.69, 9.17) is 11.6 Å². The summed E-state index contributed by atoms with van der Waals surface area (Å²) >= 11 is 9.06. The third-order valence-corrected chi connectivity index (χ3v) is 6.12. The molecule has 2 heterocycles. The van der Waals surface area contributed by atoms with Crippen LogP contribution in [0.1, 0.15) is 36.6 Å². The van der Waals surface area contributed by atoms with E-state index in [0.717, 1.165) is 11.4 Å². The first-order valence-corrected chi connectivity index (χ1v) is 9.99. The van der Waals surface area contributed by atoms with E-state index in [1.165, 1.54) is 16.2 Å². The lowest BCUT2D eigenvalue weighted by Gasteiger charge is -2.22. The molecule has 8 heteroatoms. The van der Waals surface area contributed by atoms with E-state index >= 15 is 0 Å². The van der Waals surface area contributed by atoms with Crippen molar-refractivity contribution < 1.29 is 5.11 Å². The molecular formula is C17H25ClIN3OS2. The minimum absolute atomic E-state index is 0. The molecule has 0 aliphatic carbocycles. The summed E-state index contributed by atoms with van der Waals surface area (Å²) < 4.78 is 0.683. The molecule has 0 radical (unpaired) electrons. The van der Waals surface area contributed by atoms with Crippen molar-refractivity contribution in [3.05, 3.63) is 43.7 Å². The van der Waals surface area contributed by atoms with Gasteiger partial charge in [-0.15, -0.1) is 46.7 Å². The zero-order valence-corrected chi connectivity index (χ0v) is 19.3. The average molecular weight is 514 g/mol. The predicted octanol–water partition coefficient (Wildman–Crippen LogP) is 4.65. The summed E-state index contributed by atoms with van der Waals surface area (Å²) in [5.74, 6) is 0.712. The number of rotatable bonds is 7. The normalized spacial score (nSPS) is 13.2. The van der Waals surface area contributed by atoms with E-state index in [-0.39, 0.29) is 29.4 Å². The van der Waals surface area contributed by atoms with Crippen molar-refractivity contribution in [2.45, 2.75) is 32.3 Å². The molecule has 25 heavy (non-hydrogen) atoms. The fraction of sp³-hybridized carbons (Fsp3) is 0.471. The lowest BCUT2D eigenvalue weighted by molar-refractivity contribution is 0.184. The highest BCUT2D eigenvalue weighted by molar-refractivity contribution is 14.0. The van der Waals surface area contributed by atoms with Crippen LogP contribution in [0.5, 0.6) is 0 Å². The van der Waals surface area contributed by atoms with Crippen molar-refractivity contribution in [3.63, 3.8) is 0 Å². The van der Waals surface area contributed by atoms with Gasteiger partial charge in [0.25, 0.3) is 0 Å². The molecule has 2 aromatic heterocycles. The van der Waals surface area contributed by atoms with Crippen LogP contribution in [-0.4, -0.2) is 30.7 Å². The van der Waals surface area contributed by atoms with Gasteiger partial charge in [-0.2, -0.15) is 0 Å². The number of aliphatic imine (C=N–C) groups is 1. The van der Waals surface area contributed by atoms with Crippen molar-refractivity contribution in [3.8, 4) is 0 Å². The van der Waals surface area contributed by atoms with Crippen molar-refractivity contribution in [1.29, 1.82) is 0 Å². The Labute approximate surface area is 179 Å². The quantitative estimate of drug-likeness (QED) is 0.287. The second-order valence-corrected chi connectivity index (χ2v) is 8.79. The Morgan fingerprint density at radius 1 is 1.32 bits per heavy atom. The van der Waals surface area contributed by atoms with Crippen LogP contribution in [0.3, 0.4) is 0 Å². The van der Waals surface area contributed by atoms with Crippen molar-refractivity contribution in [2.24, 2.45) is 4.99 Å². The fourth-order valence-corrected chi connectivity index (χ4v) is 4.05. The van der Waals surface area contributed by atoms with Crippen molar-refractivity contribution in [2.75, 3.05) is 19.6 Å². The van der Waals surface area contributed by atoms with Gasteiger partial charge in [0, 0.05) is 28.3 Å². The predicted molar refractivity (Wildman–Crippen MR) is 121 cm³/mol. The molecular weight excluding hydrogens is 489 g/mol. The van der Waals surface area contributed by atoms with Gasteiger partial charge >= 0.3 is 0 Å². The monoisotopic (exact) mass is 513 g/mol. The van der Waals surface area contributed by atoms with Crippen LogP contribution in [0.15, 0.2) is 34.6 Å². The van der Waals surface area contributed by atoms with E-state index < -0.39 is 6.10 Å². The van der Waals surface area contributed by atoms with Gasteiger partial charge in [0.1, 0.15) is 6.10 Å².